The average Bonchev–Trinajstić information content (AvgIpc) is 2.66. The van der Waals surface area contributed by atoms with E-state index < -0.39 is 0 Å². The molecule has 0 saturated carbocycles. The fourth-order valence-electron chi connectivity index (χ4n) is 3.31. The third-order valence-corrected chi connectivity index (χ3v) is 4.74. The number of hydrogen-bond donors (Lipinski definition) is 1. The van der Waals surface area contributed by atoms with Crippen molar-refractivity contribution in [2.45, 2.75) is 25.3 Å². The Bertz CT molecular complexity index is 746. The smallest absolute Gasteiger partial charge is 0.252 e. The van der Waals surface area contributed by atoms with E-state index in [1.165, 1.54) is 0 Å². The third kappa shape index (κ3) is 4.17. The number of fused-ring (bicyclic) bond motifs is 1. The minimum absolute atomic E-state index is 0.0408. The second-order valence-corrected chi connectivity index (χ2v) is 6.40. The first-order valence-corrected chi connectivity index (χ1v) is 8.74. The van der Waals surface area contributed by atoms with E-state index in [9.17, 15) is 9.59 Å². The molecule has 0 aromatic heterocycles. The number of benzene rings is 2. The molecule has 132 valence electrons. The van der Waals surface area contributed by atoms with Crippen LogP contribution in [0.25, 0.3) is 10.8 Å². The molecule has 5 nitrogen and oxygen atoms in total. The van der Waals surface area contributed by atoms with E-state index in [-0.39, 0.29) is 17.9 Å². The first-order chi connectivity index (χ1) is 12.2. The van der Waals surface area contributed by atoms with Gasteiger partial charge in [-0.25, -0.2) is 0 Å². The maximum atomic E-state index is 12.7. The summed E-state index contributed by atoms with van der Waals surface area (Å²) in [4.78, 5) is 26.5. The van der Waals surface area contributed by atoms with Crippen LogP contribution in [0.2, 0.25) is 0 Å². The Labute approximate surface area is 148 Å². The number of likely N-dealkylation sites (tertiary alicyclic amines) is 1. The number of piperidine rings is 1. The van der Waals surface area contributed by atoms with Crippen molar-refractivity contribution < 1.29 is 14.3 Å². The zero-order chi connectivity index (χ0) is 17.6. The largest absolute Gasteiger partial charge is 0.384 e. The predicted octanol–water partition coefficient (Wildman–Crippen LogP) is 2.60. The van der Waals surface area contributed by atoms with Crippen molar-refractivity contribution in [3.8, 4) is 0 Å². The maximum Gasteiger partial charge on any atom is 0.252 e. The fraction of sp³-hybridized carbons (Fsp3) is 0.400. The number of amides is 2. The summed E-state index contributed by atoms with van der Waals surface area (Å²) < 4.78 is 4.96. The maximum absolute atomic E-state index is 12.7. The van der Waals surface area contributed by atoms with Crippen LogP contribution in [0.15, 0.2) is 42.5 Å². The lowest BCUT2D eigenvalue weighted by atomic mass is 10.0. The summed E-state index contributed by atoms with van der Waals surface area (Å²) in [6.07, 6.45) is 1.99. The highest BCUT2D eigenvalue weighted by molar-refractivity contribution is 6.07. The van der Waals surface area contributed by atoms with Gasteiger partial charge in [-0.05, 0) is 29.7 Å². The molecule has 5 heteroatoms. The molecule has 1 fully saturated rings. The number of nitrogens with one attached hydrogen (secondary N) is 1. The van der Waals surface area contributed by atoms with Gasteiger partial charge >= 0.3 is 0 Å². The summed E-state index contributed by atoms with van der Waals surface area (Å²) in [6.45, 7) is 1.82. The molecule has 0 aliphatic carbocycles. The van der Waals surface area contributed by atoms with Gasteiger partial charge in [-0.1, -0.05) is 36.4 Å². The van der Waals surface area contributed by atoms with Gasteiger partial charge in [0, 0.05) is 31.8 Å². The summed E-state index contributed by atoms with van der Waals surface area (Å²) in [5.74, 6) is 0.0849. The standard InChI is InChI=1S/C20H24N2O3/c1-25-14-11-19(23)22-12-9-16(10-13-22)21-20(24)18-8-4-6-15-5-2-3-7-17(15)18/h2-8,16H,9-14H2,1H3,(H,21,24). The minimum Gasteiger partial charge on any atom is -0.384 e. The molecule has 1 heterocycles. The second-order valence-electron chi connectivity index (χ2n) is 6.40. The summed E-state index contributed by atoms with van der Waals surface area (Å²) in [6, 6.07) is 13.8. The summed E-state index contributed by atoms with van der Waals surface area (Å²) in [5, 5.41) is 5.16. The lowest BCUT2D eigenvalue weighted by Crippen LogP contribution is -2.46. The molecule has 3 rings (SSSR count). The average molecular weight is 340 g/mol. The molecule has 0 atom stereocenters. The number of ether oxygens (including phenoxy) is 1. The van der Waals surface area contributed by atoms with Gasteiger partial charge in [0.05, 0.1) is 13.0 Å². The van der Waals surface area contributed by atoms with Gasteiger partial charge in [0.1, 0.15) is 0 Å². The highest BCUT2D eigenvalue weighted by atomic mass is 16.5. The van der Waals surface area contributed by atoms with E-state index in [1.54, 1.807) is 7.11 Å². The van der Waals surface area contributed by atoms with Gasteiger partial charge in [0.15, 0.2) is 0 Å². The number of rotatable bonds is 5. The molecule has 2 aromatic carbocycles. The van der Waals surface area contributed by atoms with E-state index >= 15 is 0 Å². The summed E-state index contributed by atoms with van der Waals surface area (Å²) in [5.41, 5.74) is 0.705. The zero-order valence-corrected chi connectivity index (χ0v) is 14.5. The first kappa shape index (κ1) is 17.4. The molecule has 0 spiro atoms. The van der Waals surface area contributed by atoms with Crippen molar-refractivity contribution in [2.75, 3.05) is 26.8 Å². The summed E-state index contributed by atoms with van der Waals surface area (Å²) >= 11 is 0. The van der Waals surface area contributed by atoms with Crippen molar-refractivity contribution in [3.63, 3.8) is 0 Å². The second kappa shape index (κ2) is 8.12. The van der Waals surface area contributed by atoms with E-state index in [4.69, 9.17) is 4.74 Å². The molecule has 1 N–H and O–H groups in total. The molecule has 25 heavy (non-hydrogen) atoms. The van der Waals surface area contributed by atoms with E-state index in [0.717, 1.165) is 23.6 Å². The Morgan fingerprint density at radius 1 is 1.12 bits per heavy atom. The quantitative estimate of drug-likeness (QED) is 0.910. The Morgan fingerprint density at radius 2 is 1.84 bits per heavy atom. The molecule has 1 aliphatic heterocycles. The van der Waals surface area contributed by atoms with Crippen LogP contribution in [-0.2, 0) is 9.53 Å². The molecular weight excluding hydrogens is 316 g/mol. The monoisotopic (exact) mass is 340 g/mol. The molecule has 2 aromatic rings. The Kier molecular flexibility index (Phi) is 5.66. The fourth-order valence-corrected chi connectivity index (χ4v) is 3.31. The summed E-state index contributed by atoms with van der Waals surface area (Å²) in [7, 11) is 1.60. The van der Waals surface area contributed by atoms with Crippen LogP contribution < -0.4 is 5.32 Å². The molecule has 1 saturated heterocycles. The molecule has 0 radical (unpaired) electrons. The van der Waals surface area contributed by atoms with Crippen LogP contribution in [0.4, 0.5) is 0 Å². The first-order valence-electron chi connectivity index (χ1n) is 8.74. The van der Waals surface area contributed by atoms with Crippen molar-refractivity contribution in [2.24, 2.45) is 0 Å². The SMILES string of the molecule is COCCC(=O)N1CCC(NC(=O)c2cccc3ccccc23)CC1. The lowest BCUT2D eigenvalue weighted by molar-refractivity contribution is -0.133. The van der Waals surface area contributed by atoms with E-state index in [0.29, 0.717) is 31.7 Å². The lowest BCUT2D eigenvalue weighted by Gasteiger charge is -2.32. The molecule has 0 unspecified atom stereocenters. The van der Waals surface area contributed by atoms with Crippen LogP contribution in [-0.4, -0.2) is 49.6 Å². The Morgan fingerprint density at radius 3 is 2.60 bits per heavy atom. The normalized spacial score (nSPS) is 15.3. The van der Waals surface area contributed by atoms with Gasteiger partial charge in [-0.15, -0.1) is 0 Å². The number of methoxy groups -OCH3 is 1. The highest BCUT2D eigenvalue weighted by Gasteiger charge is 2.24. The van der Waals surface area contributed by atoms with Crippen LogP contribution in [0.1, 0.15) is 29.6 Å². The Balaban J connectivity index is 1.58. The number of carbonyl (C=O) groups excluding carboxylic acids is 2. The zero-order valence-electron chi connectivity index (χ0n) is 14.5. The van der Waals surface area contributed by atoms with Crippen LogP contribution in [0, 0.1) is 0 Å². The van der Waals surface area contributed by atoms with Gasteiger partial charge in [0.2, 0.25) is 5.91 Å². The Hall–Kier alpha value is -2.40. The van der Waals surface area contributed by atoms with Crippen molar-refractivity contribution in [1.29, 1.82) is 0 Å². The third-order valence-electron chi connectivity index (χ3n) is 4.74. The van der Waals surface area contributed by atoms with Gasteiger partial charge in [-0.2, -0.15) is 0 Å². The van der Waals surface area contributed by atoms with E-state index in [1.807, 2.05) is 47.4 Å². The van der Waals surface area contributed by atoms with Crippen LogP contribution >= 0.6 is 0 Å². The molecular formula is C20H24N2O3. The molecule has 0 bridgehead atoms. The van der Waals surface area contributed by atoms with Crippen molar-refractivity contribution in [1.82, 2.24) is 10.2 Å². The predicted molar refractivity (Wildman–Crippen MR) is 97.5 cm³/mol. The van der Waals surface area contributed by atoms with Gasteiger partial charge in [-0.3, -0.25) is 9.59 Å². The van der Waals surface area contributed by atoms with Crippen molar-refractivity contribution >= 4 is 22.6 Å². The topological polar surface area (TPSA) is 58.6 Å². The van der Waals surface area contributed by atoms with E-state index in [2.05, 4.69) is 5.32 Å². The minimum atomic E-state index is -0.0408. The van der Waals surface area contributed by atoms with Gasteiger partial charge in [0.25, 0.3) is 5.91 Å². The molecule has 2 amide bonds. The number of hydrogen-bond acceptors (Lipinski definition) is 3. The number of carbonyl (C=O) groups is 2. The van der Waals surface area contributed by atoms with Crippen molar-refractivity contribution in [3.05, 3.63) is 48.0 Å². The highest BCUT2D eigenvalue weighted by Crippen LogP contribution is 2.19. The number of nitrogens with zero attached hydrogens (tertiary/aromatic N) is 1. The van der Waals surface area contributed by atoms with Gasteiger partial charge < -0.3 is 15.0 Å². The van der Waals surface area contributed by atoms with Crippen LogP contribution in [0.3, 0.4) is 0 Å². The van der Waals surface area contributed by atoms with Crippen LogP contribution in [0.5, 0.6) is 0 Å². The molecule has 1 aliphatic rings.